The molecule has 29 heavy (non-hydrogen) atoms. The van der Waals surface area contributed by atoms with E-state index in [-0.39, 0.29) is 0 Å². The van der Waals surface area contributed by atoms with E-state index in [0.717, 1.165) is 12.1 Å². The fraction of sp³-hybridized carbons (Fsp3) is 1.00. The van der Waals surface area contributed by atoms with Crippen molar-refractivity contribution in [2.75, 3.05) is 0 Å². The Hall–Kier alpha value is -0.0400. The molecule has 2 unspecified atom stereocenters. The molecule has 2 atom stereocenters. The minimum absolute atomic E-state index is 0.582. The molecule has 2 aliphatic rings. The highest BCUT2D eigenvalue weighted by atomic mass is 15.0. The minimum atomic E-state index is 0.582. The predicted molar refractivity (Wildman–Crippen MR) is 131 cm³/mol. The summed E-state index contributed by atoms with van der Waals surface area (Å²) in [6.07, 6.45) is 28.8. The molecule has 2 rings (SSSR count). The number of hydrogen-bond acceptors (Lipinski definition) is 1. The summed E-state index contributed by atoms with van der Waals surface area (Å²) in [5.41, 5.74) is 1.16. The largest absolute Gasteiger partial charge is 0.310 e. The molecule has 1 heteroatoms. The summed E-state index contributed by atoms with van der Waals surface area (Å²) >= 11 is 0. The van der Waals surface area contributed by atoms with E-state index in [4.69, 9.17) is 0 Å². The first-order valence-electron chi connectivity index (χ1n) is 13.9. The molecule has 0 aliphatic heterocycles. The molecule has 0 aromatic rings. The standard InChI is InChI=1S/C28H55N/c1-5-9-13-19-25(27(7-3)21-15-11-16-22-27)29-26(20-14-10-6-2)28(8-4)23-17-12-18-24-28/h25-26,29H,5-24H2,1-4H3. The molecule has 172 valence electrons. The van der Waals surface area contributed by atoms with Crippen molar-refractivity contribution < 1.29 is 0 Å². The molecule has 0 aromatic heterocycles. The number of hydrogen-bond donors (Lipinski definition) is 1. The van der Waals surface area contributed by atoms with Gasteiger partial charge in [-0.15, -0.1) is 0 Å². The van der Waals surface area contributed by atoms with Crippen molar-refractivity contribution in [3.63, 3.8) is 0 Å². The van der Waals surface area contributed by atoms with Gasteiger partial charge in [-0.2, -0.15) is 0 Å². The summed E-state index contributed by atoms with van der Waals surface area (Å²) in [6, 6.07) is 1.52. The molecule has 0 radical (unpaired) electrons. The van der Waals surface area contributed by atoms with Crippen LogP contribution in [0.3, 0.4) is 0 Å². The van der Waals surface area contributed by atoms with Crippen LogP contribution in [0.4, 0.5) is 0 Å². The Balaban J connectivity index is 2.21. The third kappa shape index (κ3) is 6.98. The van der Waals surface area contributed by atoms with Gasteiger partial charge in [0.25, 0.3) is 0 Å². The van der Waals surface area contributed by atoms with Gasteiger partial charge in [0.15, 0.2) is 0 Å². The van der Waals surface area contributed by atoms with E-state index in [2.05, 4.69) is 33.0 Å². The molecule has 1 N–H and O–H groups in total. The summed E-state index contributed by atoms with van der Waals surface area (Å²) in [5.74, 6) is 0. The SMILES string of the molecule is CCCCCC(NC(CCCCC)C1(CC)CCCCC1)C1(CC)CCCCC1. The van der Waals surface area contributed by atoms with Crippen molar-refractivity contribution >= 4 is 0 Å². The van der Waals surface area contributed by atoms with E-state index in [1.54, 1.807) is 0 Å². The van der Waals surface area contributed by atoms with Crippen LogP contribution >= 0.6 is 0 Å². The third-order valence-corrected chi connectivity index (χ3v) is 9.18. The van der Waals surface area contributed by atoms with Gasteiger partial charge in [-0.25, -0.2) is 0 Å². The van der Waals surface area contributed by atoms with E-state index >= 15 is 0 Å². The van der Waals surface area contributed by atoms with Gasteiger partial charge in [0.2, 0.25) is 0 Å². The van der Waals surface area contributed by atoms with Gasteiger partial charge in [0.1, 0.15) is 0 Å². The van der Waals surface area contributed by atoms with Gasteiger partial charge in [-0.3, -0.25) is 0 Å². The van der Waals surface area contributed by atoms with Crippen molar-refractivity contribution in [2.24, 2.45) is 10.8 Å². The average Bonchev–Trinajstić information content (AvgIpc) is 2.78. The molecule has 0 heterocycles. The Labute approximate surface area is 184 Å². The average molecular weight is 406 g/mol. The second kappa shape index (κ2) is 13.4. The Kier molecular flexibility index (Phi) is 11.6. The van der Waals surface area contributed by atoms with E-state index < -0.39 is 0 Å². The van der Waals surface area contributed by atoms with Gasteiger partial charge in [0.05, 0.1) is 0 Å². The molecule has 2 aliphatic carbocycles. The summed E-state index contributed by atoms with van der Waals surface area (Å²) in [6.45, 7) is 9.73. The first-order chi connectivity index (χ1) is 14.2. The van der Waals surface area contributed by atoms with Crippen LogP contribution in [0.5, 0.6) is 0 Å². The van der Waals surface area contributed by atoms with Crippen molar-refractivity contribution in [3.05, 3.63) is 0 Å². The molecule has 2 fully saturated rings. The summed E-state index contributed by atoms with van der Waals surface area (Å²) < 4.78 is 0. The normalized spacial score (nSPS) is 23.6. The first-order valence-corrected chi connectivity index (χ1v) is 13.9. The van der Waals surface area contributed by atoms with E-state index in [1.165, 1.54) is 128 Å². The van der Waals surface area contributed by atoms with Gasteiger partial charge in [-0.05, 0) is 62.2 Å². The lowest BCUT2D eigenvalue weighted by molar-refractivity contribution is 0.0488. The zero-order chi connectivity index (χ0) is 21.0. The molecular weight excluding hydrogens is 350 g/mol. The molecule has 2 saturated carbocycles. The predicted octanol–water partition coefficient (Wildman–Crippen LogP) is 9.19. The Morgan fingerprint density at radius 3 is 1.24 bits per heavy atom. The van der Waals surface area contributed by atoms with Crippen LogP contribution in [-0.2, 0) is 0 Å². The molecule has 0 aromatic carbocycles. The number of rotatable bonds is 14. The van der Waals surface area contributed by atoms with E-state index in [1.807, 2.05) is 0 Å². The summed E-state index contributed by atoms with van der Waals surface area (Å²) in [4.78, 5) is 0. The Bertz CT molecular complexity index is 365. The minimum Gasteiger partial charge on any atom is -0.310 e. The van der Waals surface area contributed by atoms with Crippen molar-refractivity contribution in [1.82, 2.24) is 5.32 Å². The zero-order valence-electron chi connectivity index (χ0n) is 20.8. The maximum absolute atomic E-state index is 4.49. The smallest absolute Gasteiger partial charge is 0.0126 e. The molecule has 0 saturated heterocycles. The maximum atomic E-state index is 4.49. The highest BCUT2D eigenvalue weighted by molar-refractivity contribution is 4.99. The lowest BCUT2D eigenvalue weighted by atomic mass is 9.63. The second-order valence-corrected chi connectivity index (χ2v) is 10.8. The summed E-state index contributed by atoms with van der Waals surface area (Å²) in [5, 5.41) is 4.49. The van der Waals surface area contributed by atoms with Gasteiger partial charge in [-0.1, -0.05) is 105 Å². The maximum Gasteiger partial charge on any atom is 0.0126 e. The fourth-order valence-corrected chi connectivity index (χ4v) is 6.98. The van der Waals surface area contributed by atoms with Crippen LogP contribution in [0.2, 0.25) is 0 Å². The molecule has 1 nitrogen and oxygen atoms in total. The van der Waals surface area contributed by atoms with E-state index in [0.29, 0.717) is 10.8 Å². The zero-order valence-corrected chi connectivity index (χ0v) is 20.8. The van der Waals surface area contributed by atoms with Crippen molar-refractivity contribution in [1.29, 1.82) is 0 Å². The Morgan fingerprint density at radius 2 is 0.931 bits per heavy atom. The Morgan fingerprint density at radius 1 is 0.552 bits per heavy atom. The molecule has 0 amide bonds. The van der Waals surface area contributed by atoms with Crippen LogP contribution in [0.25, 0.3) is 0 Å². The molecular formula is C28H55N. The van der Waals surface area contributed by atoms with Crippen LogP contribution in [0.1, 0.15) is 156 Å². The van der Waals surface area contributed by atoms with E-state index in [9.17, 15) is 0 Å². The topological polar surface area (TPSA) is 12.0 Å². The quantitative estimate of drug-likeness (QED) is 0.284. The highest BCUT2D eigenvalue weighted by Gasteiger charge is 2.43. The lowest BCUT2D eigenvalue weighted by Crippen LogP contribution is -2.55. The fourth-order valence-electron chi connectivity index (χ4n) is 6.98. The molecule has 0 bridgehead atoms. The lowest BCUT2D eigenvalue weighted by Gasteiger charge is -2.50. The van der Waals surface area contributed by atoms with Gasteiger partial charge in [0, 0.05) is 12.1 Å². The van der Waals surface area contributed by atoms with Gasteiger partial charge >= 0.3 is 0 Å². The molecule has 0 spiro atoms. The van der Waals surface area contributed by atoms with Crippen LogP contribution in [0.15, 0.2) is 0 Å². The highest BCUT2D eigenvalue weighted by Crippen LogP contribution is 2.47. The summed E-state index contributed by atoms with van der Waals surface area (Å²) in [7, 11) is 0. The van der Waals surface area contributed by atoms with Crippen molar-refractivity contribution in [3.8, 4) is 0 Å². The number of nitrogens with one attached hydrogen (secondary N) is 1. The van der Waals surface area contributed by atoms with Crippen LogP contribution in [0, 0.1) is 10.8 Å². The van der Waals surface area contributed by atoms with Crippen LogP contribution < -0.4 is 5.32 Å². The third-order valence-electron chi connectivity index (χ3n) is 9.18. The van der Waals surface area contributed by atoms with Crippen molar-refractivity contribution in [2.45, 2.75) is 168 Å². The second-order valence-electron chi connectivity index (χ2n) is 10.8. The monoisotopic (exact) mass is 405 g/mol. The first kappa shape index (κ1) is 25.2. The number of unbranched alkanes of at least 4 members (excludes halogenated alkanes) is 4. The van der Waals surface area contributed by atoms with Gasteiger partial charge < -0.3 is 5.32 Å². The van der Waals surface area contributed by atoms with Crippen LogP contribution in [-0.4, -0.2) is 12.1 Å².